The number of hydrogen-bond acceptors (Lipinski definition) is 2. The van der Waals surface area contributed by atoms with E-state index in [-0.39, 0.29) is 6.29 Å². The van der Waals surface area contributed by atoms with E-state index in [2.05, 4.69) is 28.1 Å². The molecular formula is C16H23BrO2. The van der Waals surface area contributed by atoms with E-state index in [4.69, 9.17) is 9.47 Å². The largest absolute Gasteiger partial charge is 0.348 e. The van der Waals surface area contributed by atoms with Crippen LogP contribution in [-0.4, -0.2) is 18.5 Å². The Morgan fingerprint density at radius 3 is 2.32 bits per heavy atom. The van der Waals surface area contributed by atoms with Gasteiger partial charge in [-0.3, -0.25) is 0 Å². The molecule has 106 valence electrons. The number of halogens is 1. The first-order chi connectivity index (χ1) is 9.40. The van der Waals surface area contributed by atoms with Gasteiger partial charge in [0.25, 0.3) is 0 Å². The predicted molar refractivity (Wildman–Crippen MR) is 81.5 cm³/mol. The molecule has 2 rings (SSSR count). The van der Waals surface area contributed by atoms with E-state index in [1.165, 1.54) is 32.1 Å². The lowest BCUT2D eigenvalue weighted by Gasteiger charge is -2.29. The molecule has 3 heteroatoms. The minimum absolute atomic E-state index is 0.161. The van der Waals surface area contributed by atoms with Gasteiger partial charge < -0.3 is 9.47 Å². The van der Waals surface area contributed by atoms with Crippen molar-refractivity contribution in [2.75, 3.05) is 18.5 Å². The summed E-state index contributed by atoms with van der Waals surface area (Å²) in [5, 5.41) is 1.13. The smallest absolute Gasteiger partial charge is 0.183 e. The molecule has 1 fully saturated rings. The summed E-state index contributed by atoms with van der Waals surface area (Å²) < 4.78 is 11.7. The molecule has 1 aliphatic heterocycles. The second-order valence-corrected chi connectivity index (χ2v) is 5.96. The van der Waals surface area contributed by atoms with Crippen LogP contribution in [0.3, 0.4) is 0 Å². The number of hydrogen-bond donors (Lipinski definition) is 0. The van der Waals surface area contributed by atoms with E-state index in [0.717, 1.165) is 24.1 Å². The number of unbranched alkanes of at least 4 members (excludes halogenated alkanes) is 3. The number of rotatable bonds is 7. The van der Waals surface area contributed by atoms with Crippen molar-refractivity contribution in [1.29, 1.82) is 0 Å². The summed E-state index contributed by atoms with van der Waals surface area (Å²) in [6.07, 6.45) is 6.29. The van der Waals surface area contributed by atoms with Gasteiger partial charge in [0.2, 0.25) is 0 Å². The van der Waals surface area contributed by atoms with Crippen LogP contribution < -0.4 is 0 Å². The maximum atomic E-state index is 5.83. The lowest BCUT2D eigenvalue weighted by molar-refractivity contribution is -0.206. The number of ether oxygens (including phenoxy) is 2. The summed E-state index contributed by atoms with van der Waals surface area (Å²) in [4.78, 5) is 0. The molecule has 1 aromatic carbocycles. The zero-order valence-corrected chi connectivity index (χ0v) is 13.0. The van der Waals surface area contributed by atoms with Gasteiger partial charge in [-0.2, -0.15) is 0 Å². The van der Waals surface area contributed by atoms with Crippen molar-refractivity contribution < 1.29 is 9.47 Å². The van der Waals surface area contributed by atoms with Gasteiger partial charge in [-0.25, -0.2) is 0 Å². The summed E-state index contributed by atoms with van der Waals surface area (Å²) in [5.74, 6) is 0.573. The summed E-state index contributed by atoms with van der Waals surface area (Å²) >= 11 is 3.47. The minimum atomic E-state index is -0.161. The maximum absolute atomic E-state index is 5.83. The maximum Gasteiger partial charge on any atom is 0.183 e. The first kappa shape index (κ1) is 15.0. The highest BCUT2D eigenvalue weighted by atomic mass is 79.9. The molecule has 1 saturated heterocycles. The second-order valence-electron chi connectivity index (χ2n) is 5.17. The Morgan fingerprint density at radius 1 is 0.947 bits per heavy atom. The van der Waals surface area contributed by atoms with Gasteiger partial charge in [0, 0.05) is 16.8 Å². The molecule has 0 unspecified atom stereocenters. The van der Waals surface area contributed by atoms with Gasteiger partial charge in [0.15, 0.2) is 6.29 Å². The highest BCUT2D eigenvalue weighted by Crippen LogP contribution is 2.26. The van der Waals surface area contributed by atoms with E-state index in [0.29, 0.717) is 5.92 Å². The molecule has 0 radical (unpaired) electrons. The first-order valence-corrected chi connectivity index (χ1v) is 8.36. The molecule has 0 bridgehead atoms. The second kappa shape index (κ2) is 8.72. The monoisotopic (exact) mass is 326 g/mol. The fraction of sp³-hybridized carbons (Fsp3) is 0.625. The lowest BCUT2D eigenvalue weighted by atomic mass is 10.0. The van der Waals surface area contributed by atoms with Crippen molar-refractivity contribution in [2.45, 2.75) is 38.4 Å². The third kappa shape index (κ3) is 5.25. The van der Waals surface area contributed by atoms with Crippen LogP contribution >= 0.6 is 15.9 Å². The molecule has 19 heavy (non-hydrogen) atoms. The fourth-order valence-corrected chi connectivity index (χ4v) is 2.79. The van der Waals surface area contributed by atoms with Gasteiger partial charge in [-0.1, -0.05) is 65.5 Å². The highest BCUT2D eigenvalue weighted by molar-refractivity contribution is 9.09. The zero-order valence-electron chi connectivity index (χ0n) is 11.4. The summed E-state index contributed by atoms with van der Waals surface area (Å²) in [6.45, 7) is 1.66. The van der Waals surface area contributed by atoms with Crippen LogP contribution in [-0.2, 0) is 9.47 Å². The van der Waals surface area contributed by atoms with Crippen molar-refractivity contribution in [3.05, 3.63) is 35.9 Å². The van der Waals surface area contributed by atoms with Gasteiger partial charge in [-0.15, -0.1) is 0 Å². The van der Waals surface area contributed by atoms with Crippen LogP contribution in [0.25, 0.3) is 0 Å². The van der Waals surface area contributed by atoms with Crippen molar-refractivity contribution in [3.63, 3.8) is 0 Å². The predicted octanol–water partition coefficient (Wildman–Crippen LogP) is 4.69. The van der Waals surface area contributed by atoms with Crippen LogP contribution in [0, 0.1) is 5.92 Å². The van der Waals surface area contributed by atoms with E-state index < -0.39 is 0 Å². The van der Waals surface area contributed by atoms with E-state index in [1.807, 2.05) is 18.2 Å². The summed E-state index contributed by atoms with van der Waals surface area (Å²) in [6, 6.07) is 10.2. The van der Waals surface area contributed by atoms with Crippen LogP contribution in [0.1, 0.15) is 44.0 Å². The minimum Gasteiger partial charge on any atom is -0.348 e. The zero-order chi connectivity index (χ0) is 13.3. The Kier molecular flexibility index (Phi) is 6.90. The topological polar surface area (TPSA) is 18.5 Å². The summed E-state index contributed by atoms with van der Waals surface area (Å²) in [5.41, 5.74) is 1.12. The molecule has 0 aliphatic carbocycles. The molecule has 1 heterocycles. The Labute approximate surface area is 124 Å². The molecule has 2 nitrogen and oxygen atoms in total. The van der Waals surface area contributed by atoms with Gasteiger partial charge in [-0.05, 0) is 12.8 Å². The standard InChI is InChI=1S/C16H23BrO2/c17-11-7-2-1-4-8-14-12-18-16(19-13-14)15-9-5-3-6-10-15/h3,5-6,9-10,14,16H,1-2,4,7-8,11-13H2. The van der Waals surface area contributed by atoms with Gasteiger partial charge in [0.05, 0.1) is 13.2 Å². The molecule has 0 aromatic heterocycles. The average Bonchev–Trinajstić information content (AvgIpc) is 2.49. The molecule has 0 saturated carbocycles. The Bertz CT molecular complexity index is 334. The Morgan fingerprint density at radius 2 is 1.63 bits per heavy atom. The van der Waals surface area contributed by atoms with Crippen molar-refractivity contribution >= 4 is 15.9 Å². The first-order valence-electron chi connectivity index (χ1n) is 7.24. The van der Waals surface area contributed by atoms with Crippen molar-refractivity contribution in [2.24, 2.45) is 5.92 Å². The van der Waals surface area contributed by atoms with Crippen LogP contribution in [0.2, 0.25) is 0 Å². The number of alkyl halides is 1. The Hall–Kier alpha value is -0.380. The molecule has 1 aromatic rings. The SMILES string of the molecule is BrCCCCCCC1COC(c2ccccc2)OC1. The lowest BCUT2D eigenvalue weighted by Crippen LogP contribution is -2.27. The van der Waals surface area contributed by atoms with Crippen molar-refractivity contribution in [3.8, 4) is 0 Å². The van der Waals surface area contributed by atoms with Crippen LogP contribution in [0.4, 0.5) is 0 Å². The molecule has 0 N–H and O–H groups in total. The van der Waals surface area contributed by atoms with Crippen LogP contribution in [0.5, 0.6) is 0 Å². The van der Waals surface area contributed by atoms with E-state index in [1.54, 1.807) is 0 Å². The van der Waals surface area contributed by atoms with E-state index >= 15 is 0 Å². The van der Waals surface area contributed by atoms with E-state index in [9.17, 15) is 0 Å². The number of benzene rings is 1. The van der Waals surface area contributed by atoms with Gasteiger partial charge in [0.1, 0.15) is 0 Å². The molecule has 1 aliphatic rings. The third-order valence-corrected chi connectivity index (χ3v) is 4.10. The third-order valence-electron chi connectivity index (χ3n) is 3.53. The molecule has 0 spiro atoms. The molecule has 0 atom stereocenters. The van der Waals surface area contributed by atoms with Crippen molar-refractivity contribution in [1.82, 2.24) is 0 Å². The quantitative estimate of drug-likeness (QED) is 0.534. The normalized spacial score (nSPS) is 23.4. The highest BCUT2D eigenvalue weighted by Gasteiger charge is 2.22. The fourth-order valence-electron chi connectivity index (χ4n) is 2.39. The Balaban J connectivity index is 1.63. The molecule has 0 amide bonds. The summed E-state index contributed by atoms with van der Waals surface area (Å²) in [7, 11) is 0. The van der Waals surface area contributed by atoms with Crippen LogP contribution in [0.15, 0.2) is 30.3 Å². The average molecular weight is 327 g/mol. The van der Waals surface area contributed by atoms with Gasteiger partial charge >= 0.3 is 0 Å². The molecular weight excluding hydrogens is 304 g/mol.